The fraction of sp³-hybridized carbons (Fsp3) is 0.600. The zero-order chi connectivity index (χ0) is 14.3. The molecule has 0 aromatic heterocycles. The highest BCUT2D eigenvalue weighted by atomic mass is 19.1. The van der Waals surface area contributed by atoms with Crippen molar-refractivity contribution < 1.29 is 9.13 Å². The lowest BCUT2D eigenvalue weighted by molar-refractivity contribution is 0.145. The molecule has 4 heteroatoms. The Kier molecular flexibility index (Phi) is 12.8. The topological polar surface area (TPSA) is 33.3 Å². The largest absolute Gasteiger partial charge is 0.382 e. The molecule has 0 amide bonds. The van der Waals surface area contributed by atoms with Crippen LogP contribution in [0, 0.1) is 5.82 Å². The fourth-order valence-corrected chi connectivity index (χ4v) is 1.46. The summed E-state index contributed by atoms with van der Waals surface area (Å²) in [7, 11) is 3.81. The molecule has 0 unspecified atom stereocenters. The number of likely N-dealkylation sites (N-methyl/N-ethyl adjacent to an activating group) is 1. The number of ether oxygens (including phenoxy) is 1. The Morgan fingerprint density at radius 3 is 2.37 bits per heavy atom. The van der Waals surface area contributed by atoms with E-state index in [2.05, 4.69) is 10.6 Å². The van der Waals surface area contributed by atoms with E-state index in [1.54, 1.807) is 6.07 Å². The maximum atomic E-state index is 12.9. The minimum absolute atomic E-state index is 0.109. The van der Waals surface area contributed by atoms with Gasteiger partial charge in [-0.3, -0.25) is 0 Å². The van der Waals surface area contributed by atoms with Gasteiger partial charge < -0.3 is 15.4 Å². The summed E-state index contributed by atoms with van der Waals surface area (Å²) in [6, 6.07) is 6.87. The van der Waals surface area contributed by atoms with Gasteiger partial charge in [0.2, 0.25) is 0 Å². The summed E-state index contributed by atoms with van der Waals surface area (Å²) in [5.41, 5.74) is 0.779. The molecule has 0 bridgehead atoms. The van der Waals surface area contributed by atoms with Crippen LogP contribution in [0.25, 0.3) is 0 Å². The molecule has 0 radical (unpaired) electrons. The first kappa shape index (κ1) is 18.0. The van der Waals surface area contributed by atoms with Crippen LogP contribution in [0.5, 0.6) is 0 Å². The Balaban J connectivity index is 0.000000362. The Morgan fingerprint density at radius 1 is 1.11 bits per heavy atom. The van der Waals surface area contributed by atoms with Crippen molar-refractivity contribution in [1.82, 2.24) is 10.6 Å². The number of benzene rings is 1. The van der Waals surface area contributed by atoms with Gasteiger partial charge >= 0.3 is 0 Å². The van der Waals surface area contributed by atoms with Gasteiger partial charge in [-0.1, -0.05) is 18.2 Å². The van der Waals surface area contributed by atoms with Gasteiger partial charge in [0.15, 0.2) is 0 Å². The lowest BCUT2D eigenvalue weighted by Gasteiger charge is -2.00. The SMILES string of the molecule is CCOCCCNC.CNCCc1ccccc1F. The molecule has 0 spiro atoms. The summed E-state index contributed by atoms with van der Waals surface area (Å²) in [5.74, 6) is -0.109. The Morgan fingerprint density at radius 2 is 1.79 bits per heavy atom. The molecule has 2 N–H and O–H groups in total. The number of halogens is 1. The third-order valence-corrected chi connectivity index (χ3v) is 2.52. The van der Waals surface area contributed by atoms with Crippen molar-refractivity contribution >= 4 is 0 Å². The van der Waals surface area contributed by atoms with Gasteiger partial charge in [-0.05, 0) is 58.6 Å². The Labute approximate surface area is 116 Å². The van der Waals surface area contributed by atoms with Crippen molar-refractivity contribution in [3.8, 4) is 0 Å². The molecule has 0 atom stereocenters. The first-order valence-corrected chi connectivity index (χ1v) is 6.86. The number of nitrogens with one attached hydrogen (secondary N) is 2. The second-order valence-corrected chi connectivity index (χ2v) is 4.10. The van der Waals surface area contributed by atoms with Crippen molar-refractivity contribution in [2.24, 2.45) is 0 Å². The van der Waals surface area contributed by atoms with Crippen molar-refractivity contribution in [1.29, 1.82) is 0 Å². The smallest absolute Gasteiger partial charge is 0.126 e. The van der Waals surface area contributed by atoms with Crippen LogP contribution in [0.1, 0.15) is 18.9 Å². The molecule has 0 saturated heterocycles. The van der Waals surface area contributed by atoms with E-state index >= 15 is 0 Å². The molecule has 0 saturated carbocycles. The molecule has 0 heterocycles. The van der Waals surface area contributed by atoms with Crippen molar-refractivity contribution in [2.45, 2.75) is 19.8 Å². The summed E-state index contributed by atoms with van der Waals surface area (Å²) in [6.45, 7) is 5.61. The maximum absolute atomic E-state index is 12.9. The molecular weight excluding hydrogens is 243 g/mol. The summed E-state index contributed by atoms with van der Waals surface area (Å²) in [5, 5.41) is 6.02. The van der Waals surface area contributed by atoms with Crippen LogP contribution >= 0.6 is 0 Å². The summed E-state index contributed by atoms with van der Waals surface area (Å²) < 4.78 is 18.0. The normalized spacial score (nSPS) is 9.89. The van der Waals surface area contributed by atoms with E-state index in [9.17, 15) is 4.39 Å². The summed E-state index contributed by atoms with van der Waals surface area (Å²) in [6.07, 6.45) is 1.87. The average Bonchev–Trinajstić information content (AvgIpc) is 2.44. The predicted molar refractivity (Wildman–Crippen MR) is 79.1 cm³/mol. The zero-order valence-corrected chi connectivity index (χ0v) is 12.3. The number of hydrogen-bond acceptors (Lipinski definition) is 3. The first-order valence-electron chi connectivity index (χ1n) is 6.86. The van der Waals surface area contributed by atoms with Crippen LogP contribution in [0.3, 0.4) is 0 Å². The fourth-order valence-electron chi connectivity index (χ4n) is 1.46. The van der Waals surface area contributed by atoms with Crippen LogP contribution in [0.15, 0.2) is 24.3 Å². The van der Waals surface area contributed by atoms with Gasteiger partial charge in [0.25, 0.3) is 0 Å². The molecule has 0 aliphatic heterocycles. The molecule has 1 aromatic rings. The van der Waals surface area contributed by atoms with Crippen LogP contribution < -0.4 is 10.6 Å². The van der Waals surface area contributed by atoms with Gasteiger partial charge in [0, 0.05) is 13.2 Å². The highest BCUT2D eigenvalue weighted by Gasteiger charge is 1.97. The van der Waals surface area contributed by atoms with Crippen molar-refractivity contribution in [3.05, 3.63) is 35.6 Å². The molecule has 3 nitrogen and oxygen atoms in total. The van der Waals surface area contributed by atoms with Crippen molar-refractivity contribution in [2.75, 3.05) is 40.4 Å². The van der Waals surface area contributed by atoms with Gasteiger partial charge in [0.1, 0.15) is 5.82 Å². The van der Waals surface area contributed by atoms with E-state index in [1.165, 1.54) is 6.07 Å². The zero-order valence-electron chi connectivity index (χ0n) is 12.3. The lowest BCUT2D eigenvalue weighted by Crippen LogP contribution is -2.10. The molecular formula is C15H27FN2O. The van der Waals surface area contributed by atoms with Gasteiger partial charge in [-0.15, -0.1) is 0 Å². The van der Waals surface area contributed by atoms with E-state index in [1.807, 2.05) is 33.2 Å². The van der Waals surface area contributed by atoms with Gasteiger partial charge in [0.05, 0.1) is 0 Å². The molecule has 1 aromatic carbocycles. The third-order valence-electron chi connectivity index (χ3n) is 2.52. The van der Waals surface area contributed by atoms with E-state index < -0.39 is 0 Å². The summed E-state index contributed by atoms with van der Waals surface area (Å²) in [4.78, 5) is 0. The van der Waals surface area contributed by atoms with Gasteiger partial charge in [-0.2, -0.15) is 0 Å². The van der Waals surface area contributed by atoms with Crippen LogP contribution in [0.4, 0.5) is 4.39 Å². The van der Waals surface area contributed by atoms with E-state index in [0.717, 1.165) is 44.7 Å². The number of rotatable bonds is 8. The molecule has 0 aliphatic rings. The van der Waals surface area contributed by atoms with E-state index in [-0.39, 0.29) is 5.82 Å². The molecule has 0 aliphatic carbocycles. The standard InChI is InChI=1S/C9H12FN.C6H15NO/c1-11-7-6-8-4-2-3-5-9(8)10;1-3-8-6-4-5-7-2/h2-5,11H,6-7H2,1H3;7H,3-6H2,1-2H3. The third kappa shape index (κ3) is 10.6. The predicted octanol–water partition coefficient (Wildman–Crippen LogP) is 2.22. The molecule has 1 rings (SSSR count). The molecule has 19 heavy (non-hydrogen) atoms. The second kappa shape index (κ2) is 13.5. The van der Waals surface area contributed by atoms with Gasteiger partial charge in [-0.25, -0.2) is 4.39 Å². The monoisotopic (exact) mass is 270 g/mol. The van der Waals surface area contributed by atoms with E-state index in [4.69, 9.17) is 4.74 Å². The number of hydrogen-bond donors (Lipinski definition) is 2. The Bertz CT molecular complexity index is 302. The van der Waals surface area contributed by atoms with Crippen LogP contribution in [-0.2, 0) is 11.2 Å². The minimum atomic E-state index is -0.109. The highest BCUT2D eigenvalue weighted by molar-refractivity contribution is 5.17. The first-order chi connectivity index (χ1) is 9.26. The molecule has 0 fully saturated rings. The van der Waals surface area contributed by atoms with Crippen molar-refractivity contribution in [3.63, 3.8) is 0 Å². The maximum Gasteiger partial charge on any atom is 0.126 e. The quantitative estimate of drug-likeness (QED) is 0.711. The van der Waals surface area contributed by atoms with Crippen LogP contribution in [0.2, 0.25) is 0 Å². The lowest BCUT2D eigenvalue weighted by atomic mass is 10.1. The second-order valence-electron chi connectivity index (χ2n) is 4.10. The highest BCUT2D eigenvalue weighted by Crippen LogP contribution is 2.05. The summed E-state index contributed by atoms with van der Waals surface area (Å²) >= 11 is 0. The average molecular weight is 270 g/mol. The Hall–Kier alpha value is -0.970. The van der Waals surface area contributed by atoms with Crippen LogP contribution in [-0.4, -0.2) is 40.4 Å². The minimum Gasteiger partial charge on any atom is -0.382 e. The van der Waals surface area contributed by atoms with E-state index in [0.29, 0.717) is 0 Å². The molecule has 110 valence electrons.